The quantitative estimate of drug-likeness (QED) is 0.521. The van der Waals surface area contributed by atoms with Gasteiger partial charge in [0.05, 0.1) is 16.8 Å². The Balaban J connectivity index is 2.01. The first-order chi connectivity index (χ1) is 11.0. The van der Waals surface area contributed by atoms with Crippen LogP contribution in [0.5, 0.6) is 0 Å². The highest BCUT2D eigenvalue weighted by atomic mass is 16.5. The fraction of sp³-hybridized carbons (Fsp3) is 0.125. The molecule has 0 saturated carbocycles. The van der Waals surface area contributed by atoms with Gasteiger partial charge in [0, 0.05) is 12.1 Å². The van der Waals surface area contributed by atoms with Gasteiger partial charge < -0.3 is 15.3 Å². The second-order valence-electron chi connectivity index (χ2n) is 4.64. The van der Waals surface area contributed by atoms with Gasteiger partial charge in [-0.05, 0) is 19.1 Å². The van der Waals surface area contributed by atoms with Crippen LogP contribution in [0.25, 0.3) is 0 Å². The summed E-state index contributed by atoms with van der Waals surface area (Å²) in [5.74, 6) is -1.28. The molecular weight excluding hydrogens is 298 g/mol. The molecule has 116 valence electrons. The molecule has 1 amide bonds. The minimum atomic E-state index is -1.06. The first-order valence-electron chi connectivity index (χ1n) is 6.71. The average Bonchev–Trinajstić information content (AvgIpc) is 2.55. The molecule has 0 spiro atoms. The summed E-state index contributed by atoms with van der Waals surface area (Å²) in [6.45, 7) is 1.42. The van der Waals surface area contributed by atoms with E-state index in [0.717, 1.165) is 12.4 Å². The zero-order valence-corrected chi connectivity index (χ0v) is 12.2. The Labute approximate surface area is 132 Å². The number of nitriles is 1. The molecule has 0 aliphatic carbocycles. The molecule has 1 heterocycles. The van der Waals surface area contributed by atoms with E-state index < -0.39 is 18.0 Å². The molecule has 1 atom stereocenters. The lowest BCUT2D eigenvalue weighted by molar-refractivity contribution is -0.605. The fourth-order valence-electron chi connectivity index (χ4n) is 1.75. The predicted molar refractivity (Wildman–Crippen MR) is 80.1 cm³/mol. The number of carbonyl (C=O) groups is 2. The summed E-state index contributed by atoms with van der Waals surface area (Å²) in [6.07, 6.45) is 1.25. The van der Waals surface area contributed by atoms with Crippen LogP contribution in [0.15, 0.2) is 48.8 Å². The van der Waals surface area contributed by atoms with Crippen molar-refractivity contribution >= 4 is 17.6 Å². The van der Waals surface area contributed by atoms with E-state index in [0.29, 0.717) is 16.0 Å². The zero-order valence-electron chi connectivity index (χ0n) is 12.2. The van der Waals surface area contributed by atoms with Gasteiger partial charge in [-0.2, -0.15) is 9.99 Å². The minimum Gasteiger partial charge on any atom is -0.619 e. The Bertz CT molecular complexity index is 766. The van der Waals surface area contributed by atoms with Crippen molar-refractivity contribution in [1.82, 2.24) is 0 Å². The molecule has 0 bridgehead atoms. The highest BCUT2D eigenvalue weighted by molar-refractivity contribution is 5.97. The number of nitrogens with zero attached hydrogens (tertiary/aromatic N) is 2. The number of pyridine rings is 1. The molecule has 0 fully saturated rings. The number of anilines is 1. The van der Waals surface area contributed by atoms with E-state index in [1.807, 2.05) is 6.07 Å². The van der Waals surface area contributed by atoms with Crippen molar-refractivity contribution < 1.29 is 19.1 Å². The number of hydrogen-bond acceptors (Lipinski definition) is 5. The van der Waals surface area contributed by atoms with Gasteiger partial charge in [-0.1, -0.05) is 12.1 Å². The largest absolute Gasteiger partial charge is 0.619 e. The Morgan fingerprint density at radius 2 is 1.91 bits per heavy atom. The highest BCUT2D eigenvalue weighted by Gasteiger charge is 2.20. The number of hydrogen-bond donors (Lipinski definition) is 1. The maximum absolute atomic E-state index is 12.0. The molecule has 0 unspecified atom stereocenters. The lowest BCUT2D eigenvalue weighted by Gasteiger charge is -2.14. The molecule has 0 aliphatic rings. The Morgan fingerprint density at radius 3 is 2.57 bits per heavy atom. The van der Waals surface area contributed by atoms with Crippen LogP contribution in [0.1, 0.15) is 22.8 Å². The van der Waals surface area contributed by atoms with Crippen molar-refractivity contribution in [1.29, 1.82) is 5.26 Å². The van der Waals surface area contributed by atoms with E-state index in [9.17, 15) is 14.8 Å². The number of aromatic nitrogens is 1. The van der Waals surface area contributed by atoms with Crippen LogP contribution in [-0.4, -0.2) is 18.0 Å². The van der Waals surface area contributed by atoms with Crippen LogP contribution in [0.4, 0.5) is 5.69 Å². The average molecular weight is 311 g/mol. The molecule has 0 aliphatic heterocycles. The summed E-state index contributed by atoms with van der Waals surface area (Å²) < 4.78 is 5.57. The summed E-state index contributed by atoms with van der Waals surface area (Å²) in [7, 11) is 0. The summed E-state index contributed by atoms with van der Waals surface area (Å²) in [5.41, 5.74) is 0.812. The number of benzene rings is 1. The molecule has 1 N–H and O–H groups in total. The number of amides is 1. The van der Waals surface area contributed by atoms with Crippen LogP contribution >= 0.6 is 0 Å². The fourth-order valence-corrected chi connectivity index (χ4v) is 1.75. The SMILES string of the molecule is C[C@H](OC(=O)c1cc[n+]([O-])cc1)C(=O)Nc1ccccc1C#N. The van der Waals surface area contributed by atoms with Crippen molar-refractivity contribution in [2.45, 2.75) is 13.0 Å². The van der Waals surface area contributed by atoms with E-state index in [2.05, 4.69) is 5.32 Å². The van der Waals surface area contributed by atoms with E-state index in [4.69, 9.17) is 10.00 Å². The first kappa shape index (κ1) is 16.0. The van der Waals surface area contributed by atoms with E-state index in [-0.39, 0.29) is 5.56 Å². The van der Waals surface area contributed by atoms with Crippen LogP contribution in [0.2, 0.25) is 0 Å². The van der Waals surface area contributed by atoms with Gasteiger partial charge in [0.1, 0.15) is 6.07 Å². The summed E-state index contributed by atoms with van der Waals surface area (Å²) in [6, 6.07) is 11.0. The monoisotopic (exact) mass is 311 g/mol. The van der Waals surface area contributed by atoms with Crippen molar-refractivity contribution in [3.05, 3.63) is 65.1 Å². The van der Waals surface area contributed by atoms with Crippen molar-refractivity contribution in [2.75, 3.05) is 5.32 Å². The second kappa shape index (κ2) is 7.04. The highest BCUT2D eigenvalue weighted by Crippen LogP contribution is 2.14. The molecule has 0 radical (unpaired) electrons. The number of carbonyl (C=O) groups excluding carboxylic acids is 2. The number of nitrogens with one attached hydrogen (secondary N) is 1. The van der Waals surface area contributed by atoms with Gasteiger partial charge in [0.15, 0.2) is 18.5 Å². The Hall–Kier alpha value is -3.40. The normalized spacial score (nSPS) is 11.1. The molecule has 1 aromatic heterocycles. The van der Waals surface area contributed by atoms with Gasteiger partial charge in [0.25, 0.3) is 5.91 Å². The standard InChI is InChI=1S/C16H13N3O4/c1-11(23-16(21)12-6-8-19(22)9-7-12)15(20)18-14-5-3-2-4-13(14)10-17/h2-9,11H,1H3,(H,18,20)/t11-/m0/s1. The van der Waals surface area contributed by atoms with Gasteiger partial charge in [0.2, 0.25) is 0 Å². The maximum atomic E-state index is 12.0. The summed E-state index contributed by atoms with van der Waals surface area (Å²) in [4.78, 5) is 23.9. The van der Waals surface area contributed by atoms with E-state index in [1.54, 1.807) is 24.3 Å². The molecular formula is C16H13N3O4. The molecule has 7 heteroatoms. The van der Waals surface area contributed by atoms with Crippen LogP contribution < -0.4 is 10.0 Å². The maximum Gasteiger partial charge on any atom is 0.339 e. The molecule has 23 heavy (non-hydrogen) atoms. The number of ether oxygens (including phenoxy) is 1. The molecule has 2 aromatic rings. The van der Waals surface area contributed by atoms with Crippen LogP contribution in [0.3, 0.4) is 0 Å². The lowest BCUT2D eigenvalue weighted by Crippen LogP contribution is -2.31. The number of rotatable bonds is 4. The molecule has 7 nitrogen and oxygen atoms in total. The van der Waals surface area contributed by atoms with Crippen LogP contribution in [-0.2, 0) is 9.53 Å². The second-order valence-corrected chi connectivity index (χ2v) is 4.64. The van der Waals surface area contributed by atoms with Gasteiger partial charge in [-0.15, -0.1) is 0 Å². The molecule has 0 saturated heterocycles. The lowest BCUT2D eigenvalue weighted by atomic mass is 10.2. The molecule has 2 rings (SSSR count). The smallest absolute Gasteiger partial charge is 0.339 e. The van der Waals surface area contributed by atoms with E-state index >= 15 is 0 Å². The van der Waals surface area contributed by atoms with E-state index in [1.165, 1.54) is 19.1 Å². The topological polar surface area (TPSA) is 106 Å². The molecule has 1 aromatic carbocycles. The van der Waals surface area contributed by atoms with Crippen molar-refractivity contribution in [3.8, 4) is 6.07 Å². The number of para-hydroxylation sites is 1. The van der Waals surface area contributed by atoms with Crippen molar-refractivity contribution in [3.63, 3.8) is 0 Å². The first-order valence-corrected chi connectivity index (χ1v) is 6.71. The Kier molecular flexibility index (Phi) is 4.89. The minimum absolute atomic E-state index is 0.161. The van der Waals surface area contributed by atoms with Gasteiger partial charge >= 0.3 is 5.97 Å². The van der Waals surface area contributed by atoms with Crippen LogP contribution in [0, 0.1) is 16.5 Å². The predicted octanol–water partition coefficient (Wildman–Crippen LogP) is 1.38. The summed E-state index contributed by atoms with van der Waals surface area (Å²) >= 11 is 0. The van der Waals surface area contributed by atoms with Crippen molar-refractivity contribution in [2.24, 2.45) is 0 Å². The third kappa shape index (κ3) is 4.04. The number of esters is 1. The Morgan fingerprint density at radius 1 is 1.26 bits per heavy atom. The third-order valence-electron chi connectivity index (χ3n) is 3.00. The third-order valence-corrected chi connectivity index (χ3v) is 3.00. The summed E-state index contributed by atoms with van der Waals surface area (Å²) in [5, 5.41) is 22.4. The van der Waals surface area contributed by atoms with Gasteiger partial charge in [-0.25, -0.2) is 4.79 Å². The van der Waals surface area contributed by atoms with Gasteiger partial charge in [-0.3, -0.25) is 4.79 Å². The zero-order chi connectivity index (χ0) is 16.8.